The van der Waals surface area contributed by atoms with Crippen LogP contribution in [0.4, 0.5) is 5.82 Å². The molecule has 0 aliphatic heterocycles. The van der Waals surface area contributed by atoms with Crippen molar-refractivity contribution in [2.24, 2.45) is 0 Å². The van der Waals surface area contributed by atoms with E-state index in [1.54, 1.807) is 17.4 Å². The number of aromatic nitrogens is 1. The Bertz CT molecular complexity index is 694. The van der Waals surface area contributed by atoms with Gasteiger partial charge >= 0.3 is 5.97 Å². The van der Waals surface area contributed by atoms with E-state index in [0.717, 1.165) is 30.5 Å². The summed E-state index contributed by atoms with van der Waals surface area (Å²) in [4.78, 5) is 18.5. The van der Waals surface area contributed by atoms with Gasteiger partial charge in [-0.3, -0.25) is 0 Å². The molecule has 0 saturated carbocycles. The number of aryl methyl sites for hydroxylation is 3. The normalized spacial score (nSPS) is 14.8. The second kappa shape index (κ2) is 5.48. The lowest BCUT2D eigenvalue weighted by Gasteiger charge is -2.16. The van der Waals surface area contributed by atoms with Gasteiger partial charge < -0.3 is 10.4 Å². The fraction of sp³-hybridized carbons (Fsp3) is 0.375. The number of hydrogen-bond donors (Lipinski definition) is 2. The van der Waals surface area contributed by atoms with E-state index in [-0.39, 0.29) is 11.6 Å². The summed E-state index contributed by atoms with van der Waals surface area (Å²) in [6.45, 7) is 4.10. The van der Waals surface area contributed by atoms with Crippen LogP contribution in [0, 0.1) is 6.92 Å². The van der Waals surface area contributed by atoms with Gasteiger partial charge in [0.1, 0.15) is 11.4 Å². The minimum atomic E-state index is -0.922. The SMILES string of the molecule is Cc1ccc(C(C)Nc2nc3c(cc2C(=O)O)CCC3)s1. The summed E-state index contributed by atoms with van der Waals surface area (Å²) in [5.74, 6) is -0.434. The Morgan fingerprint density at radius 1 is 1.43 bits per heavy atom. The lowest BCUT2D eigenvalue weighted by atomic mass is 10.1. The number of anilines is 1. The number of nitrogens with one attached hydrogen (secondary N) is 1. The van der Waals surface area contributed by atoms with Crippen LogP contribution in [-0.2, 0) is 12.8 Å². The summed E-state index contributed by atoms with van der Waals surface area (Å²) in [5, 5.41) is 12.7. The maximum Gasteiger partial charge on any atom is 0.339 e. The smallest absolute Gasteiger partial charge is 0.339 e. The van der Waals surface area contributed by atoms with Crippen molar-refractivity contribution < 1.29 is 9.90 Å². The zero-order valence-electron chi connectivity index (χ0n) is 12.1. The third kappa shape index (κ3) is 2.78. The summed E-state index contributed by atoms with van der Waals surface area (Å²) >= 11 is 1.72. The first-order chi connectivity index (χ1) is 10.0. The van der Waals surface area contributed by atoms with E-state index in [1.807, 2.05) is 6.92 Å². The molecule has 1 aliphatic rings. The quantitative estimate of drug-likeness (QED) is 0.901. The molecule has 2 N–H and O–H groups in total. The molecule has 0 saturated heterocycles. The highest BCUT2D eigenvalue weighted by Crippen LogP contribution is 2.29. The Hall–Kier alpha value is -1.88. The molecule has 110 valence electrons. The number of nitrogens with zero attached hydrogens (tertiary/aromatic N) is 1. The highest BCUT2D eigenvalue weighted by atomic mass is 32.1. The van der Waals surface area contributed by atoms with Gasteiger partial charge in [0.2, 0.25) is 0 Å². The molecule has 0 spiro atoms. The lowest BCUT2D eigenvalue weighted by Crippen LogP contribution is -2.13. The second-order valence-corrected chi connectivity index (χ2v) is 6.78. The van der Waals surface area contributed by atoms with Gasteiger partial charge in [0, 0.05) is 15.4 Å². The van der Waals surface area contributed by atoms with Crippen molar-refractivity contribution in [1.29, 1.82) is 0 Å². The minimum absolute atomic E-state index is 0.0498. The van der Waals surface area contributed by atoms with Crippen molar-refractivity contribution in [3.05, 3.63) is 44.8 Å². The maximum absolute atomic E-state index is 11.5. The molecule has 0 amide bonds. The Morgan fingerprint density at radius 2 is 2.24 bits per heavy atom. The number of fused-ring (bicyclic) bond motifs is 1. The summed E-state index contributed by atoms with van der Waals surface area (Å²) in [6.07, 6.45) is 2.93. The van der Waals surface area contributed by atoms with Crippen molar-refractivity contribution in [1.82, 2.24) is 4.98 Å². The molecule has 0 fully saturated rings. The molecule has 0 bridgehead atoms. The first-order valence-corrected chi connectivity index (χ1v) is 7.95. The van der Waals surface area contributed by atoms with Crippen LogP contribution in [0.25, 0.3) is 0 Å². The molecule has 1 unspecified atom stereocenters. The summed E-state index contributed by atoms with van der Waals surface area (Å²) in [5.41, 5.74) is 2.39. The van der Waals surface area contributed by atoms with Crippen molar-refractivity contribution >= 4 is 23.1 Å². The Labute approximate surface area is 127 Å². The van der Waals surface area contributed by atoms with E-state index in [0.29, 0.717) is 5.82 Å². The molecule has 3 rings (SSSR count). The van der Waals surface area contributed by atoms with Crippen LogP contribution in [-0.4, -0.2) is 16.1 Å². The summed E-state index contributed by atoms with van der Waals surface area (Å²) in [7, 11) is 0. The van der Waals surface area contributed by atoms with E-state index in [4.69, 9.17) is 0 Å². The third-order valence-corrected chi connectivity index (χ3v) is 5.01. The Balaban J connectivity index is 1.92. The molecule has 4 nitrogen and oxygen atoms in total. The Kier molecular flexibility index (Phi) is 3.68. The van der Waals surface area contributed by atoms with Crippen molar-refractivity contribution in [3.63, 3.8) is 0 Å². The standard InChI is InChI=1S/C16H18N2O2S/c1-9-6-7-14(21-9)10(2)17-15-12(16(19)20)8-11-4-3-5-13(11)18-15/h6-8,10H,3-5H2,1-2H3,(H,17,18)(H,19,20). The minimum Gasteiger partial charge on any atom is -0.478 e. The van der Waals surface area contributed by atoms with Gasteiger partial charge in [0.15, 0.2) is 0 Å². The van der Waals surface area contributed by atoms with Gasteiger partial charge in [0.05, 0.1) is 6.04 Å². The van der Waals surface area contributed by atoms with Crippen LogP contribution in [0.1, 0.15) is 50.8 Å². The van der Waals surface area contributed by atoms with Gasteiger partial charge in [-0.25, -0.2) is 9.78 Å². The predicted octanol–water partition coefficient (Wildman–Crippen LogP) is 3.81. The highest BCUT2D eigenvalue weighted by Gasteiger charge is 2.21. The number of aromatic carboxylic acids is 1. The second-order valence-electron chi connectivity index (χ2n) is 5.46. The van der Waals surface area contributed by atoms with Crippen molar-refractivity contribution in [2.75, 3.05) is 5.32 Å². The predicted molar refractivity (Wildman–Crippen MR) is 84.3 cm³/mol. The molecule has 5 heteroatoms. The summed E-state index contributed by atoms with van der Waals surface area (Å²) in [6, 6.07) is 5.98. The molecular formula is C16H18N2O2S. The zero-order chi connectivity index (χ0) is 15.0. The number of carbonyl (C=O) groups is 1. The van der Waals surface area contributed by atoms with E-state index >= 15 is 0 Å². The maximum atomic E-state index is 11.5. The molecule has 0 radical (unpaired) electrons. The van der Waals surface area contributed by atoms with Crippen LogP contribution in [0.5, 0.6) is 0 Å². The van der Waals surface area contributed by atoms with Gasteiger partial charge in [-0.1, -0.05) is 0 Å². The number of carboxylic acid groups (broad SMARTS) is 1. The van der Waals surface area contributed by atoms with E-state index in [9.17, 15) is 9.90 Å². The van der Waals surface area contributed by atoms with Crippen molar-refractivity contribution in [3.8, 4) is 0 Å². The fourth-order valence-electron chi connectivity index (χ4n) is 2.71. The molecule has 2 aromatic rings. The fourth-order valence-corrected chi connectivity index (χ4v) is 3.59. The zero-order valence-corrected chi connectivity index (χ0v) is 13.0. The van der Waals surface area contributed by atoms with Crippen LogP contribution >= 0.6 is 11.3 Å². The molecule has 1 atom stereocenters. The van der Waals surface area contributed by atoms with Gasteiger partial charge in [-0.2, -0.15) is 0 Å². The lowest BCUT2D eigenvalue weighted by molar-refractivity contribution is 0.0697. The van der Waals surface area contributed by atoms with Crippen LogP contribution in [0.15, 0.2) is 18.2 Å². The molecule has 0 aromatic carbocycles. The van der Waals surface area contributed by atoms with Gasteiger partial charge in [0.25, 0.3) is 0 Å². The first kappa shape index (κ1) is 14.1. The van der Waals surface area contributed by atoms with Crippen LogP contribution in [0.3, 0.4) is 0 Å². The highest BCUT2D eigenvalue weighted by molar-refractivity contribution is 7.12. The Morgan fingerprint density at radius 3 is 2.90 bits per heavy atom. The monoisotopic (exact) mass is 302 g/mol. The molecule has 21 heavy (non-hydrogen) atoms. The van der Waals surface area contributed by atoms with Crippen LogP contribution < -0.4 is 5.32 Å². The average Bonchev–Trinajstić information content (AvgIpc) is 3.05. The number of carboxylic acids is 1. The summed E-state index contributed by atoms with van der Waals surface area (Å²) < 4.78 is 0. The number of thiophene rings is 1. The van der Waals surface area contributed by atoms with Crippen LogP contribution in [0.2, 0.25) is 0 Å². The van der Waals surface area contributed by atoms with E-state index in [1.165, 1.54) is 9.75 Å². The van der Waals surface area contributed by atoms with E-state index in [2.05, 4.69) is 29.4 Å². The molecule has 1 aliphatic carbocycles. The largest absolute Gasteiger partial charge is 0.478 e. The average molecular weight is 302 g/mol. The van der Waals surface area contributed by atoms with Gasteiger partial charge in [-0.05, 0) is 56.9 Å². The van der Waals surface area contributed by atoms with E-state index < -0.39 is 5.97 Å². The topological polar surface area (TPSA) is 62.2 Å². The molecule has 2 aromatic heterocycles. The third-order valence-electron chi connectivity index (χ3n) is 3.82. The molecular weight excluding hydrogens is 284 g/mol. The van der Waals surface area contributed by atoms with Gasteiger partial charge in [-0.15, -0.1) is 11.3 Å². The molecule has 2 heterocycles. The first-order valence-electron chi connectivity index (χ1n) is 7.13. The number of rotatable bonds is 4. The van der Waals surface area contributed by atoms with Crippen molar-refractivity contribution in [2.45, 2.75) is 39.2 Å². The number of hydrogen-bond acceptors (Lipinski definition) is 4. The number of pyridine rings is 1.